The largest absolute Gasteiger partial charge is 0.493 e. The summed E-state index contributed by atoms with van der Waals surface area (Å²) in [5, 5.41) is 4.28. The molecule has 1 N–H and O–H groups in total. The van der Waals surface area contributed by atoms with Crippen LogP contribution in [0.4, 0.5) is 0 Å². The number of methoxy groups -OCH3 is 2. The fraction of sp³-hybridized carbons (Fsp3) is 0.647. The first-order valence-electron chi connectivity index (χ1n) is 7.82. The van der Waals surface area contributed by atoms with Crippen molar-refractivity contribution in [3.8, 4) is 11.5 Å². The Kier molecular flexibility index (Phi) is 6.19. The molecule has 3 nitrogen and oxygen atoms in total. The Balaban J connectivity index is 1.95. The van der Waals surface area contributed by atoms with Crippen molar-refractivity contribution < 1.29 is 9.47 Å². The van der Waals surface area contributed by atoms with Crippen molar-refractivity contribution in [3.05, 3.63) is 22.7 Å². The first-order valence-corrected chi connectivity index (χ1v) is 8.20. The third kappa shape index (κ3) is 4.04. The molecule has 4 heteroatoms. The van der Waals surface area contributed by atoms with Gasteiger partial charge in [-0.1, -0.05) is 31.0 Å². The van der Waals surface area contributed by atoms with Crippen molar-refractivity contribution in [1.82, 2.24) is 5.32 Å². The third-order valence-corrected chi connectivity index (χ3v) is 4.98. The van der Waals surface area contributed by atoms with E-state index in [0.717, 1.165) is 18.0 Å². The van der Waals surface area contributed by atoms with E-state index in [4.69, 9.17) is 21.1 Å². The molecule has 2 rings (SSSR count). The molecule has 1 aliphatic carbocycles. The molecule has 0 saturated heterocycles. The molecule has 0 aromatic heterocycles. The molecule has 0 heterocycles. The van der Waals surface area contributed by atoms with Crippen molar-refractivity contribution in [3.63, 3.8) is 0 Å². The summed E-state index contributed by atoms with van der Waals surface area (Å²) in [4.78, 5) is 0. The van der Waals surface area contributed by atoms with E-state index in [0.29, 0.717) is 22.6 Å². The van der Waals surface area contributed by atoms with Crippen LogP contribution in [0.2, 0.25) is 5.02 Å². The summed E-state index contributed by atoms with van der Waals surface area (Å²) in [7, 11) is 3.24. The minimum absolute atomic E-state index is 0.608. The van der Waals surface area contributed by atoms with Gasteiger partial charge in [0.15, 0.2) is 11.5 Å². The van der Waals surface area contributed by atoms with Crippen molar-refractivity contribution >= 4 is 11.6 Å². The van der Waals surface area contributed by atoms with E-state index in [2.05, 4.69) is 12.2 Å². The summed E-state index contributed by atoms with van der Waals surface area (Å²) in [6, 6.07) is 4.53. The second-order valence-corrected chi connectivity index (χ2v) is 6.16. The highest BCUT2D eigenvalue weighted by Gasteiger charge is 2.20. The Morgan fingerprint density at radius 1 is 1.14 bits per heavy atom. The number of hydrogen-bond acceptors (Lipinski definition) is 3. The molecule has 0 spiro atoms. The molecule has 0 unspecified atom stereocenters. The lowest BCUT2D eigenvalue weighted by Gasteiger charge is -2.28. The Bertz CT molecular complexity index is 456. The highest BCUT2D eigenvalue weighted by molar-refractivity contribution is 6.33. The maximum Gasteiger partial charge on any atom is 0.179 e. The highest BCUT2D eigenvalue weighted by atomic mass is 35.5. The average Bonchev–Trinajstić information content (AvgIpc) is 2.53. The van der Waals surface area contributed by atoms with Crippen LogP contribution in [0.3, 0.4) is 0 Å². The minimum atomic E-state index is 0.608. The van der Waals surface area contributed by atoms with Gasteiger partial charge in [0.05, 0.1) is 19.2 Å². The molecule has 1 saturated carbocycles. The van der Waals surface area contributed by atoms with Gasteiger partial charge in [0.1, 0.15) is 0 Å². The zero-order chi connectivity index (χ0) is 15.2. The number of benzene rings is 1. The predicted molar refractivity (Wildman–Crippen MR) is 87.4 cm³/mol. The first-order chi connectivity index (χ1) is 10.2. The Morgan fingerprint density at radius 3 is 2.43 bits per heavy atom. The molecule has 0 aliphatic heterocycles. The maximum atomic E-state index is 6.41. The number of rotatable bonds is 6. The van der Waals surface area contributed by atoms with Crippen LogP contribution in [0.1, 0.15) is 44.6 Å². The van der Waals surface area contributed by atoms with E-state index in [1.165, 1.54) is 32.1 Å². The van der Waals surface area contributed by atoms with Crippen LogP contribution in [-0.2, 0) is 6.54 Å². The summed E-state index contributed by atoms with van der Waals surface area (Å²) < 4.78 is 10.6. The van der Waals surface area contributed by atoms with Gasteiger partial charge in [-0.2, -0.15) is 0 Å². The Labute approximate surface area is 133 Å². The zero-order valence-electron chi connectivity index (χ0n) is 13.2. The van der Waals surface area contributed by atoms with Crippen LogP contribution in [0.25, 0.3) is 0 Å². The third-order valence-electron chi connectivity index (χ3n) is 4.57. The molecule has 0 bridgehead atoms. The summed E-state index contributed by atoms with van der Waals surface area (Å²) in [5.41, 5.74) is 1.06. The van der Waals surface area contributed by atoms with Gasteiger partial charge >= 0.3 is 0 Å². The summed E-state index contributed by atoms with van der Waals surface area (Å²) in [6.07, 6.45) is 6.53. The molecule has 1 aromatic rings. The van der Waals surface area contributed by atoms with Gasteiger partial charge in [0.2, 0.25) is 0 Å². The van der Waals surface area contributed by atoms with Crippen LogP contribution in [0, 0.1) is 5.92 Å². The van der Waals surface area contributed by atoms with Crippen molar-refractivity contribution in [2.75, 3.05) is 14.2 Å². The van der Waals surface area contributed by atoms with Gasteiger partial charge in [0, 0.05) is 12.6 Å². The molecule has 0 atom stereocenters. The van der Waals surface area contributed by atoms with Crippen LogP contribution in [0.5, 0.6) is 11.5 Å². The monoisotopic (exact) mass is 311 g/mol. The van der Waals surface area contributed by atoms with Gasteiger partial charge in [-0.3, -0.25) is 0 Å². The maximum absolute atomic E-state index is 6.41. The van der Waals surface area contributed by atoms with E-state index in [9.17, 15) is 0 Å². The van der Waals surface area contributed by atoms with Crippen LogP contribution < -0.4 is 14.8 Å². The summed E-state index contributed by atoms with van der Waals surface area (Å²) in [5.74, 6) is 2.22. The molecule has 1 aromatic carbocycles. The quantitative estimate of drug-likeness (QED) is 0.844. The molecular formula is C17H26ClNO2. The van der Waals surface area contributed by atoms with Gasteiger partial charge in [-0.05, 0) is 43.2 Å². The molecule has 1 fully saturated rings. The molecule has 1 aliphatic rings. The number of halogens is 1. The second kappa shape index (κ2) is 7.90. The highest BCUT2D eigenvalue weighted by Crippen LogP contribution is 2.37. The predicted octanol–water partition coefficient (Wildman–Crippen LogP) is 4.42. The van der Waals surface area contributed by atoms with Crippen LogP contribution >= 0.6 is 11.6 Å². The van der Waals surface area contributed by atoms with Crippen LogP contribution in [0.15, 0.2) is 12.1 Å². The molecular weight excluding hydrogens is 286 g/mol. The summed E-state index contributed by atoms with van der Waals surface area (Å²) in [6.45, 7) is 3.07. The minimum Gasteiger partial charge on any atom is -0.493 e. The van der Waals surface area contributed by atoms with E-state index in [-0.39, 0.29) is 0 Å². The second-order valence-electron chi connectivity index (χ2n) is 5.78. The van der Waals surface area contributed by atoms with Gasteiger partial charge in [-0.15, -0.1) is 0 Å². The zero-order valence-corrected chi connectivity index (χ0v) is 14.0. The van der Waals surface area contributed by atoms with Crippen molar-refractivity contribution in [2.24, 2.45) is 5.92 Å². The average molecular weight is 312 g/mol. The lowest BCUT2D eigenvalue weighted by Crippen LogP contribution is -2.32. The SMILES string of the molecule is CCC1CCC(NCc2ccc(OC)c(OC)c2Cl)CC1. The Hall–Kier alpha value is -0.930. The summed E-state index contributed by atoms with van der Waals surface area (Å²) >= 11 is 6.41. The van der Waals surface area contributed by atoms with Crippen molar-refractivity contribution in [1.29, 1.82) is 0 Å². The fourth-order valence-corrected chi connectivity index (χ4v) is 3.40. The Morgan fingerprint density at radius 2 is 1.86 bits per heavy atom. The van der Waals surface area contributed by atoms with E-state index < -0.39 is 0 Å². The molecule has 21 heavy (non-hydrogen) atoms. The molecule has 0 amide bonds. The lowest BCUT2D eigenvalue weighted by atomic mass is 9.84. The molecule has 118 valence electrons. The normalized spacial score (nSPS) is 22.1. The number of ether oxygens (including phenoxy) is 2. The smallest absolute Gasteiger partial charge is 0.179 e. The van der Waals surface area contributed by atoms with Gasteiger partial charge in [-0.25, -0.2) is 0 Å². The fourth-order valence-electron chi connectivity index (χ4n) is 3.10. The van der Waals surface area contributed by atoms with Crippen molar-refractivity contribution in [2.45, 2.75) is 51.6 Å². The van der Waals surface area contributed by atoms with E-state index >= 15 is 0 Å². The van der Waals surface area contributed by atoms with Crippen LogP contribution in [-0.4, -0.2) is 20.3 Å². The number of nitrogens with one attached hydrogen (secondary N) is 1. The van der Waals surface area contributed by atoms with E-state index in [1.807, 2.05) is 12.1 Å². The van der Waals surface area contributed by atoms with Gasteiger partial charge < -0.3 is 14.8 Å². The van der Waals surface area contributed by atoms with Gasteiger partial charge in [0.25, 0.3) is 0 Å². The number of hydrogen-bond donors (Lipinski definition) is 1. The molecule has 0 radical (unpaired) electrons. The lowest BCUT2D eigenvalue weighted by molar-refractivity contribution is 0.285. The van der Waals surface area contributed by atoms with E-state index in [1.54, 1.807) is 14.2 Å². The topological polar surface area (TPSA) is 30.5 Å². The standard InChI is InChI=1S/C17H26ClNO2/c1-4-12-5-8-14(9-6-12)19-11-13-7-10-15(20-2)17(21-3)16(13)18/h7,10,12,14,19H,4-6,8-9,11H2,1-3H3. The first kappa shape index (κ1) is 16.4.